The molecule has 1 atom stereocenters. The van der Waals surface area contributed by atoms with Gasteiger partial charge in [-0.15, -0.1) is 0 Å². The predicted molar refractivity (Wildman–Crippen MR) is 69.1 cm³/mol. The molecule has 0 radical (unpaired) electrons. The summed E-state index contributed by atoms with van der Waals surface area (Å²) in [6, 6.07) is 5.05. The molecule has 1 aromatic rings. The Hall–Kier alpha value is -0.770. The van der Waals surface area contributed by atoms with Gasteiger partial charge in [0.05, 0.1) is 16.1 Å². The van der Waals surface area contributed by atoms with Crippen molar-refractivity contribution >= 4 is 29.1 Å². The van der Waals surface area contributed by atoms with Crippen LogP contribution in [-0.4, -0.2) is 23.4 Å². The number of carbonyl (C=O) groups excluding carboxylic acids is 1. The number of halogens is 2. The predicted octanol–water partition coefficient (Wildman–Crippen LogP) is 2.44. The van der Waals surface area contributed by atoms with Crippen LogP contribution in [0.4, 0.5) is 0 Å². The van der Waals surface area contributed by atoms with Crippen LogP contribution < -0.4 is 5.73 Å². The van der Waals surface area contributed by atoms with Crippen molar-refractivity contribution in [1.82, 2.24) is 4.90 Å². The molecule has 0 saturated carbocycles. The van der Waals surface area contributed by atoms with E-state index in [4.69, 9.17) is 28.9 Å². The molecule has 3 nitrogen and oxygen atoms in total. The summed E-state index contributed by atoms with van der Waals surface area (Å²) in [6.07, 6.45) is 1.73. The van der Waals surface area contributed by atoms with Gasteiger partial charge in [-0.2, -0.15) is 0 Å². The molecule has 2 rings (SSSR count). The Bertz CT molecular complexity index is 437. The summed E-state index contributed by atoms with van der Waals surface area (Å²) in [5, 5.41) is 1.04. The summed E-state index contributed by atoms with van der Waals surface area (Å²) in [5.74, 6) is 0.0160. The summed E-state index contributed by atoms with van der Waals surface area (Å²) in [5.41, 5.74) is 6.71. The third kappa shape index (κ3) is 2.92. The third-order valence-electron chi connectivity index (χ3n) is 2.93. The van der Waals surface area contributed by atoms with Gasteiger partial charge in [0.1, 0.15) is 0 Å². The smallest absolute Gasteiger partial charge is 0.239 e. The van der Waals surface area contributed by atoms with Gasteiger partial charge in [0.2, 0.25) is 5.91 Å². The third-order valence-corrected chi connectivity index (χ3v) is 3.67. The molecule has 1 fully saturated rings. The minimum absolute atomic E-state index is 0.0160. The number of carbonyl (C=O) groups is 1. The Labute approximate surface area is 110 Å². The highest BCUT2D eigenvalue weighted by atomic mass is 35.5. The van der Waals surface area contributed by atoms with E-state index >= 15 is 0 Å². The first-order valence-corrected chi connectivity index (χ1v) is 6.32. The number of benzene rings is 1. The molecule has 1 amide bonds. The fourth-order valence-electron chi connectivity index (χ4n) is 1.99. The minimum Gasteiger partial charge on any atom is -0.337 e. The van der Waals surface area contributed by atoms with E-state index in [9.17, 15) is 4.79 Å². The van der Waals surface area contributed by atoms with E-state index in [-0.39, 0.29) is 11.9 Å². The Morgan fingerprint density at radius 3 is 2.82 bits per heavy atom. The van der Waals surface area contributed by atoms with Gasteiger partial charge in [0, 0.05) is 13.1 Å². The second-order valence-corrected chi connectivity index (χ2v) is 5.07. The molecule has 92 valence electrons. The van der Waals surface area contributed by atoms with E-state index in [1.165, 1.54) is 0 Å². The van der Waals surface area contributed by atoms with Gasteiger partial charge < -0.3 is 10.6 Å². The number of hydrogen-bond acceptors (Lipinski definition) is 2. The van der Waals surface area contributed by atoms with E-state index in [1.807, 2.05) is 6.07 Å². The van der Waals surface area contributed by atoms with Gasteiger partial charge >= 0.3 is 0 Å². The van der Waals surface area contributed by atoms with Crippen LogP contribution in [0.2, 0.25) is 10.0 Å². The number of nitrogens with zero attached hydrogens (tertiary/aromatic N) is 1. The maximum atomic E-state index is 11.8. The molecule has 0 aliphatic carbocycles. The number of nitrogens with two attached hydrogens (primary N) is 1. The van der Waals surface area contributed by atoms with Crippen molar-refractivity contribution < 1.29 is 4.79 Å². The van der Waals surface area contributed by atoms with Crippen molar-refractivity contribution in [2.24, 2.45) is 5.73 Å². The van der Waals surface area contributed by atoms with Crippen LogP contribution in [0.1, 0.15) is 18.4 Å². The maximum Gasteiger partial charge on any atom is 0.239 e. The van der Waals surface area contributed by atoms with Crippen molar-refractivity contribution in [2.45, 2.75) is 25.4 Å². The molecular weight excluding hydrogens is 259 g/mol. The average molecular weight is 273 g/mol. The van der Waals surface area contributed by atoms with E-state index in [0.29, 0.717) is 16.6 Å². The first-order chi connectivity index (χ1) is 8.08. The molecule has 0 spiro atoms. The molecule has 17 heavy (non-hydrogen) atoms. The number of hydrogen-bond donors (Lipinski definition) is 1. The zero-order valence-corrected chi connectivity index (χ0v) is 10.8. The summed E-state index contributed by atoms with van der Waals surface area (Å²) in [4.78, 5) is 13.6. The van der Waals surface area contributed by atoms with E-state index in [1.54, 1.807) is 17.0 Å². The summed E-state index contributed by atoms with van der Waals surface area (Å²) in [6.45, 7) is 1.30. The van der Waals surface area contributed by atoms with Crippen LogP contribution in [-0.2, 0) is 11.3 Å². The molecule has 1 aliphatic heterocycles. The Balaban J connectivity index is 2.09. The summed E-state index contributed by atoms with van der Waals surface area (Å²) < 4.78 is 0. The first kappa shape index (κ1) is 12.7. The standard InChI is InChI=1S/C12H14Cl2N2O/c13-9-4-3-8(6-10(9)14)7-16-5-1-2-11(15)12(16)17/h3-4,6,11H,1-2,5,7,15H2. The van der Waals surface area contributed by atoms with Gasteiger partial charge in [-0.25, -0.2) is 0 Å². The van der Waals surface area contributed by atoms with Crippen LogP contribution in [0.3, 0.4) is 0 Å². The van der Waals surface area contributed by atoms with E-state index in [2.05, 4.69) is 0 Å². The SMILES string of the molecule is NC1CCCN(Cc2ccc(Cl)c(Cl)c2)C1=O. The van der Waals surface area contributed by atoms with Crippen molar-refractivity contribution in [3.05, 3.63) is 33.8 Å². The molecule has 0 aromatic heterocycles. The molecule has 5 heteroatoms. The van der Waals surface area contributed by atoms with E-state index in [0.717, 1.165) is 24.9 Å². The quantitative estimate of drug-likeness (QED) is 0.899. The fourth-order valence-corrected chi connectivity index (χ4v) is 2.31. The van der Waals surface area contributed by atoms with Crippen LogP contribution in [0, 0.1) is 0 Å². The summed E-state index contributed by atoms with van der Waals surface area (Å²) in [7, 11) is 0. The number of likely N-dealkylation sites (tertiary alicyclic amines) is 1. The Kier molecular flexibility index (Phi) is 3.92. The van der Waals surface area contributed by atoms with Crippen molar-refractivity contribution in [3.8, 4) is 0 Å². The van der Waals surface area contributed by atoms with Crippen LogP contribution in [0.25, 0.3) is 0 Å². The van der Waals surface area contributed by atoms with Gasteiger partial charge in [-0.1, -0.05) is 29.3 Å². The normalized spacial score (nSPS) is 20.8. The molecule has 2 N–H and O–H groups in total. The lowest BCUT2D eigenvalue weighted by Gasteiger charge is -2.30. The molecule has 0 bridgehead atoms. The second kappa shape index (κ2) is 5.25. The average Bonchev–Trinajstić information content (AvgIpc) is 2.30. The molecule has 1 aliphatic rings. The van der Waals surface area contributed by atoms with Gasteiger partial charge in [0.15, 0.2) is 0 Å². The fraction of sp³-hybridized carbons (Fsp3) is 0.417. The Morgan fingerprint density at radius 2 is 2.12 bits per heavy atom. The molecule has 1 saturated heterocycles. The molecule has 1 heterocycles. The number of amides is 1. The van der Waals surface area contributed by atoms with Crippen LogP contribution in [0.15, 0.2) is 18.2 Å². The lowest BCUT2D eigenvalue weighted by molar-refractivity contribution is -0.135. The van der Waals surface area contributed by atoms with Gasteiger partial charge in [-0.3, -0.25) is 4.79 Å². The van der Waals surface area contributed by atoms with Gasteiger partial charge in [-0.05, 0) is 30.5 Å². The zero-order chi connectivity index (χ0) is 12.4. The van der Waals surface area contributed by atoms with Crippen LogP contribution >= 0.6 is 23.2 Å². The van der Waals surface area contributed by atoms with Crippen molar-refractivity contribution in [2.75, 3.05) is 6.54 Å². The highest BCUT2D eigenvalue weighted by molar-refractivity contribution is 6.42. The zero-order valence-electron chi connectivity index (χ0n) is 9.33. The lowest BCUT2D eigenvalue weighted by atomic mass is 10.0. The number of piperidine rings is 1. The maximum absolute atomic E-state index is 11.8. The molecular formula is C12H14Cl2N2O. The molecule has 1 aromatic carbocycles. The monoisotopic (exact) mass is 272 g/mol. The van der Waals surface area contributed by atoms with Crippen molar-refractivity contribution in [1.29, 1.82) is 0 Å². The van der Waals surface area contributed by atoms with E-state index < -0.39 is 0 Å². The minimum atomic E-state index is -0.355. The molecule has 1 unspecified atom stereocenters. The van der Waals surface area contributed by atoms with Crippen molar-refractivity contribution in [3.63, 3.8) is 0 Å². The highest BCUT2D eigenvalue weighted by Gasteiger charge is 2.25. The van der Waals surface area contributed by atoms with Gasteiger partial charge in [0.25, 0.3) is 0 Å². The van der Waals surface area contributed by atoms with Crippen LogP contribution in [0.5, 0.6) is 0 Å². The topological polar surface area (TPSA) is 46.3 Å². The first-order valence-electron chi connectivity index (χ1n) is 5.56. The highest BCUT2D eigenvalue weighted by Crippen LogP contribution is 2.24. The second-order valence-electron chi connectivity index (χ2n) is 4.26. The number of rotatable bonds is 2. The summed E-state index contributed by atoms with van der Waals surface area (Å²) >= 11 is 11.8. The Morgan fingerprint density at radius 1 is 1.35 bits per heavy atom. The lowest BCUT2D eigenvalue weighted by Crippen LogP contribution is -2.47. The largest absolute Gasteiger partial charge is 0.337 e.